The fourth-order valence-electron chi connectivity index (χ4n) is 2.18. The zero-order valence-electron chi connectivity index (χ0n) is 9.35. The first-order chi connectivity index (χ1) is 7.15. The van der Waals surface area contributed by atoms with Crippen molar-refractivity contribution >= 4 is 5.97 Å². The second kappa shape index (κ2) is 6.08. The van der Waals surface area contributed by atoms with E-state index < -0.39 is 5.97 Å². The van der Waals surface area contributed by atoms with Gasteiger partial charge in [-0.15, -0.1) is 0 Å². The molecule has 1 aliphatic rings. The molecule has 0 saturated carbocycles. The van der Waals surface area contributed by atoms with E-state index in [1.165, 1.54) is 0 Å². The van der Waals surface area contributed by atoms with E-state index in [9.17, 15) is 4.79 Å². The van der Waals surface area contributed by atoms with Gasteiger partial charge in [0.05, 0.1) is 5.92 Å². The summed E-state index contributed by atoms with van der Waals surface area (Å²) in [5.41, 5.74) is 0. The first-order valence-corrected chi connectivity index (χ1v) is 5.73. The van der Waals surface area contributed by atoms with Gasteiger partial charge in [-0.25, -0.2) is 0 Å². The van der Waals surface area contributed by atoms with Crippen molar-refractivity contribution < 1.29 is 15.0 Å². The lowest BCUT2D eigenvalue weighted by Gasteiger charge is -2.35. The minimum atomic E-state index is -0.672. The van der Waals surface area contributed by atoms with Gasteiger partial charge in [-0.1, -0.05) is 0 Å². The fourth-order valence-corrected chi connectivity index (χ4v) is 2.18. The number of likely N-dealkylation sites (tertiary alicyclic amines) is 1. The number of hydrogen-bond donors (Lipinski definition) is 2. The molecule has 0 aromatic rings. The predicted octanol–water partition coefficient (Wildman–Crippen LogP) is 0.944. The summed E-state index contributed by atoms with van der Waals surface area (Å²) in [4.78, 5) is 13.1. The van der Waals surface area contributed by atoms with Gasteiger partial charge in [0.15, 0.2) is 0 Å². The summed E-state index contributed by atoms with van der Waals surface area (Å²) in [7, 11) is 0. The van der Waals surface area contributed by atoms with Crippen molar-refractivity contribution in [3.8, 4) is 0 Å². The van der Waals surface area contributed by atoms with Gasteiger partial charge < -0.3 is 10.2 Å². The summed E-state index contributed by atoms with van der Waals surface area (Å²) >= 11 is 0. The number of aliphatic carboxylic acids is 1. The first kappa shape index (κ1) is 12.5. The van der Waals surface area contributed by atoms with Gasteiger partial charge in [0.25, 0.3) is 0 Å². The number of carboxylic acids is 1. The minimum Gasteiger partial charge on any atom is -0.481 e. The van der Waals surface area contributed by atoms with Crippen molar-refractivity contribution in [3.63, 3.8) is 0 Å². The van der Waals surface area contributed by atoms with E-state index in [4.69, 9.17) is 10.2 Å². The SMILES string of the molecule is C[C@@H](CCCO)N1CCC[C@H](C(=O)O)C1. The van der Waals surface area contributed by atoms with Crippen LogP contribution in [-0.2, 0) is 4.79 Å². The Morgan fingerprint density at radius 1 is 1.60 bits per heavy atom. The molecule has 1 aliphatic heterocycles. The van der Waals surface area contributed by atoms with Gasteiger partial charge >= 0.3 is 5.97 Å². The Morgan fingerprint density at radius 3 is 2.93 bits per heavy atom. The standard InChI is InChI=1S/C11H21NO3/c1-9(4-3-7-13)12-6-2-5-10(8-12)11(14)15/h9-10,13H,2-8H2,1H3,(H,14,15)/t9-,10-/m0/s1. The smallest absolute Gasteiger partial charge is 0.307 e. The topological polar surface area (TPSA) is 60.8 Å². The Balaban J connectivity index is 2.37. The number of piperidine rings is 1. The second-order valence-electron chi connectivity index (χ2n) is 4.39. The molecular formula is C11H21NO3. The van der Waals surface area contributed by atoms with Crippen molar-refractivity contribution in [1.29, 1.82) is 0 Å². The fraction of sp³-hybridized carbons (Fsp3) is 0.909. The van der Waals surface area contributed by atoms with E-state index in [1.807, 2.05) is 0 Å². The zero-order valence-corrected chi connectivity index (χ0v) is 9.35. The number of carbonyl (C=O) groups is 1. The number of aliphatic hydroxyl groups is 1. The van der Waals surface area contributed by atoms with E-state index in [0.29, 0.717) is 12.6 Å². The molecule has 0 aromatic heterocycles. The molecule has 0 aliphatic carbocycles. The largest absolute Gasteiger partial charge is 0.481 e. The van der Waals surface area contributed by atoms with Gasteiger partial charge in [0.2, 0.25) is 0 Å². The van der Waals surface area contributed by atoms with Crippen molar-refractivity contribution in [2.24, 2.45) is 5.92 Å². The number of nitrogens with zero attached hydrogens (tertiary/aromatic N) is 1. The maximum atomic E-state index is 10.9. The molecule has 0 bridgehead atoms. The Hall–Kier alpha value is -0.610. The number of aliphatic hydroxyl groups excluding tert-OH is 1. The van der Waals surface area contributed by atoms with Crippen molar-refractivity contribution in [2.75, 3.05) is 19.7 Å². The summed E-state index contributed by atoms with van der Waals surface area (Å²) in [6.07, 6.45) is 3.53. The van der Waals surface area contributed by atoms with E-state index >= 15 is 0 Å². The summed E-state index contributed by atoms with van der Waals surface area (Å²) in [6.45, 7) is 4.00. The van der Waals surface area contributed by atoms with Crippen LogP contribution in [0.5, 0.6) is 0 Å². The van der Waals surface area contributed by atoms with Gasteiger partial charge in [-0.3, -0.25) is 9.69 Å². The molecule has 0 spiro atoms. The van der Waals surface area contributed by atoms with Crippen LogP contribution in [0, 0.1) is 5.92 Å². The molecule has 88 valence electrons. The summed E-state index contributed by atoms with van der Waals surface area (Å²) in [5.74, 6) is -0.871. The molecule has 2 N–H and O–H groups in total. The van der Waals surface area contributed by atoms with Crippen LogP contribution < -0.4 is 0 Å². The molecule has 1 rings (SSSR count). The highest BCUT2D eigenvalue weighted by Gasteiger charge is 2.27. The van der Waals surface area contributed by atoms with Crippen LogP contribution in [-0.4, -0.2) is 46.8 Å². The summed E-state index contributed by atoms with van der Waals surface area (Å²) in [6, 6.07) is 0.388. The number of rotatable bonds is 5. The number of carboxylic acid groups (broad SMARTS) is 1. The van der Waals surface area contributed by atoms with Crippen molar-refractivity contribution in [2.45, 2.75) is 38.6 Å². The van der Waals surface area contributed by atoms with E-state index in [-0.39, 0.29) is 12.5 Å². The Kier molecular flexibility index (Phi) is 5.05. The van der Waals surface area contributed by atoms with Gasteiger partial charge in [0, 0.05) is 19.2 Å². The quantitative estimate of drug-likeness (QED) is 0.716. The third-order valence-electron chi connectivity index (χ3n) is 3.21. The van der Waals surface area contributed by atoms with Crippen molar-refractivity contribution in [3.05, 3.63) is 0 Å². The highest BCUT2D eigenvalue weighted by Crippen LogP contribution is 2.20. The molecular weight excluding hydrogens is 194 g/mol. The van der Waals surface area contributed by atoms with Crippen LogP contribution in [0.1, 0.15) is 32.6 Å². The van der Waals surface area contributed by atoms with Gasteiger partial charge in [-0.05, 0) is 39.2 Å². The minimum absolute atomic E-state index is 0.199. The Labute approximate surface area is 90.9 Å². The van der Waals surface area contributed by atoms with Gasteiger partial charge in [-0.2, -0.15) is 0 Å². The van der Waals surface area contributed by atoms with Crippen molar-refractivity contribution in [1.82, 2.24) is 4.90 Å². The van der Waals surface area contributed by atoms with Crippen LogP contribution in [0.4, 0.5) is 0 Å². The highest BCUT2D eigenvalue weighted by atomic mass is 16.4. The van der Waals surface area contributed by atoms with Crippen LogP contribution in [0.3, 0.4) is 0 Å². The molecule has 0 aromatic carbocycles. The van der Waals surface area contributed by atoms with E-state index in [2.05, 4.69) is 11.8 Å². The lowest BCUT2D eigenvalue weighted by Crippen LogP contribution is -2.43. The zero-order chi connectivity index (χ0) is 11.3. The normalized spacial score (nSPS) is 25.1. The summed E-state index contributed by atoms with van der Waals surface area (Å²) in [5, 5.41) is 17.7. The lowest BCUT2D eigenvalue weighted by molar-refractivity contribution is -0.143. The highest BCUT2D eigenvalue weighted by molar-refractivity contribution is 5.70. The third kappa shape index (κ3) is 3.80. The number of hydrogen-bond acceptors (Lipinski definition) is 3. The molecule has 1 fully saturated rings. The molecule has 15 heavy (non-hydrogen) atoms. The maximum Gasteiger partial charge on any atom is 0.307 e. The molecule has 0 amide bonds. The first-order valence-electron chi connectivity index (χ1n) is 5.73. The van der Waals surface area contributed by atoms with E-state index in [0.717, 1.165) is 32.2 Å². The average Bonchev–Trinajstić information content (AvgIpc) is 2.26. The predicted molar refractivity (Wildman–Crippen MR) is 57.7 cm³/mol. The van der Waals surface area contributed by atoms with Gasteiger partial charge in [0.1, 0.15) is 0 Å². The monoisotopic (exact) mass is 215 g/mol. The Bertz CT molecular complexity index is 208. The lowest BCUT2D eigenvalue weighted by atomic mass is 9.96. The molecule has 4 nitrogen and oxygen atoms in total. The molecule has 0 unspecified atom stereocenters. The maximum absolute atomic E-state index is 10.9. The average molecular weight is 215 g/mol. The molecule has 0 radical (unpaired) electrons. The van der Waals surface area contributed by atoms with E-state index in [1.54, 1.807) is 0 Å². The molecule has 1 saturated heterocycles. The van der Waals surface area contributed by atoms with Crippen LogP contribution in [0.25, 0.3) is 0 Å². The third-order valence-corrected chi connectivity index (χ3v) is 3.21. The van der Waals surface area contributed by atoms with Crippen LogP contribution in [0.15, 0.2) is 0 Å². The second-order valence-corrected chi connectivity index (χ2v) is 4.39. The Morgan fingerprint density at radius 2 is 2.33 bits per heavy atom. The molecule has 1 heterocycles. The molecule has 2 atom stereocenters. The summed E-state index contributed by atoms with van der Waals surface area (Å²) < 4.78 is 0. The van der Waals surface area contributed by atoms with Crippen LogP contribution in [0.2, 0.25) is 0 Å². The molecule has 4 heteroatoms. The van der Waals surface area contributed by atoms with Crippen LogP contribution >= 0.6 is 0 Å².